The van der Waals surface area contributed by atoms with Gasteiger partial charge in [0.05, 0.1) is 5.60 Å². The van der Waals surface area contributed by atoms with Crippen LogP contribution in [0.15, 0.2) is 11.6 Å². The lowest BCUT2D eigenvalue weighted by molar-refractivity contribution is -0.00934. The Labute approximate surface area is 107 Å². The Morgan fingerprint density at radius 1 is 1.47 bits per heavy atom. The zero-order valence-corrected chi connectivity index (χ0v) is 12.2. The Morgan fingerprint density at radius 2 is 2.18 bits per heavy atom. The minimum Gasteiger partial charge on any atom is -0.375 e. The van der Waals surface area contributed by atoms with Gasteiger partial charge in [-0.3, -0.25) is 0 Å². The summed E-state index contributed by atoms with van der Waals surface area (Å²) in [6.07, 6.45) is 4.99. The van der Waals surface area contributed by atoms with Gasteiger partial charge in [0.15, 0.2) is 0 Å². The molecule has 17 heavy (non-hydrogen) atoms. The van der Waals surface area contributed by atoms with E-state index in [1.807, 2.05) is 0 Å². The van der Waals surface area contributed by atoms with E-state index in [0.29, 0.717) is 0 Å². The maximum atomic E-state index is 5.69. The van der Waals surface area contributed by atoms with Crippen molar-refractivity contribution in [3.63, 3.8) is 0 Å². The number of hydrogen-bond acceptors (Lipinski definition) is 2. The van der Waals surface area contributed by atoms with E-state index in [1.54, 1.807) is 5.57 Å². The largest absolute Gasteiger partial charge is 0.375 e. The first-order chi connectivity index (χ1) is 7.93. The van der Waals surface area contributed by atoms with Crippen molar-refractivity contribution in [3.8, 4) is 0 Å². The molecule has 1 aliphatic carbocycles. The molecule has 0 heterocycles. The van der Waals surface area contributed by atoms with Crippen molar-refractivity contribution >= 4 is 0 Å². The van der Waals surface area contributed by atoms with Crippen molar-refractivity contribution < 1.29 is 4.74 Å². The van der Waals surface area contributed by atoms with E-state index in [1.165, 1.54) is 12.8 Å². The molecule has 0 aromatic rings. The molecule has 1 aliphatic rings. The van der Waals surface area contributed by atoms with Crippen LogP contribution in [0.5, 0.6) is 0 Å². The molecule has 0 aromatic heterocycles. The fourth-order valence-electron chi connectivity index (χ4n) is 2.86. The van der Waals surface area contributed by atoms with Crippen LogP contribution in [-0.2, 0) is 4.74 Å². The van der Waals surface area contributed by atoms with Gasteiger partial charge in [-0.1, -0.05) is 18.6 Å². The molecule has 0 aromatic carbocycles. The highest BCUT2D eigenvalue weighted by Gasteiger charge is 2.20. The summed E-state index contributed by atoms with van der Waals surface area (Å²) in [5.74, 6) is 1.54. The second-order valence-corrected chi connectivity index (χ2v) is 6.12. The Morgan fingerprint density at radius 3 is 2.76 bits per heavy atom. The Kier molecular flexibility index (Phi) is 5.68. The molecular formula is C15H29NO. The van der Waals surface area contributed by atoms with Crippen LogP contribution in [0.3, 0.4) is 0 Å². The van der Waals surface area contributed by atoms with E-state index in [2.05, 4.69) is 46.0 Å². The van der Waals surface area contributed by atoms with Crippen LogP contribution in [0.4, 0.5) is 0 Å². The molecule has 0 radical (unpaired) electrons. The van der Waals surface area contributed by atoms with Crippen molar-refractivity contribution in [2.45, 2.75) is 53.1 Å². The minimum absolute atomic E-state index is 0.0417. The predicted molar refractivity (Wildman–Crippen MR) is 74.2 cm³/mol. The highest BCUT2D eigenvalue weighted by Crippen LogP contribution is 2.27. The number of hydrogen-bond donors (Lipinski definition) is 1. The summed E-state index contributed by atoms with van der Waals surface area (Å²) in [5, 5.41) is 3.57. The molecule has 2 unspecified atom stereocenters. The fourth-order valence-corrected chi connectivity index (χ4v) is 2.86. The van der Waals surface area contributed by atoms with Crippen LogP contribution in [0.25, 0.3) is 0 Å². The van der Waals surface area contributed by atoms with Gasteiger partial charge in [0.2, 0.25) is 0 Å². The maximum Gasteiger partial charge on any atom is 0.0750 e. The summed E-state index contributed by atoms with van der Waals surface area (Å²) in [5.41, 5.74) is 1.51. The van der Waals surface area contributed by atoms with Gasteiger partial charge in [0, 0.05) is 13.2 Å². The number of allylic oxidation sites excluding steroid dienone is 2. The zero-order valence-electron chi connectivity index (χ0n) is 12.2. The zero-order chi connectivity index (χ0) is 12.9. The van der Waals surface area contributed by atoms with Gasteiger partial charge in [-0.25, -0.2) is 0 Å². The molecule has 2 nitrogen and oxygen atoms in total. The van der Waals surface area contributed by atoms with Crippen molar-refractivity contribution in [2.75, 3.05) is 19.7 Å². The van der Waals surface area contributed by atoms with Crippen LogP contribution >= 0.6 is 0 Å². The summed E-state index contributed by atoms with van der Waals surface area (Å²) >= 11 is 0. The van der Waals surface area contributed by atoms with Crippen molar-refractivity contribution in [3.05, 3.63) is 11.6 Å². The van der Waals surface area contributed by atoms with Crippen LogP contribution in [0.1, 0.15) is 47.5 Å². The summed E-state index contributed by atoms with van der Waals surface area (Å²) in [7, 11) is 0. The lowest BCUT2D eigenvalue weighted by atomic mass is 9.83. The van der Waals surface area contributed by atoms with Crippen LogP contribution in [0, 0.1) is 11.8 Å². The van der Waals surface area contributed by atoms with Crippen LogP contribution < -0.4 is 5.32 Å². The first-order valence-corrected chi connectivity index (χ1v) is 6.95. The highest BCUT2D eigenvalue weighted by molar-refractivity contribution is 5.06. The smallest absolute Gasteiger partial charge is 0.0750 e. The van der Waals surface area contributed by atoms with E-state index in [9.17, 15) is 0 Å². The monoisotopic (exact) mass is 239 g/mol. The van der Waals surface area contributed by atoms with Gasteiger partial charge >= 0.3 is 0 Å². The molecule has 2 atom stereocenters. The lowest BCUT2D eigenvalue weighted by Gasteiger charge is -2.29. The van der Waals surface area contributed by atoms with E-state index >= 15 is 0 Å². The van der Waals surface area contributed by atoms with E-state index < -0.39 is 0 Å². The van der Waals surface area contributed by atoms with Crippen LogP contribution in [0.2, 0.25) is 0 Å². The number of ether oxygens (including phenoxy) is 1. The van der Waals surface area contributed by atoms with Gasteiger partial charge in [-0.2, -0.15) is 0 Å². The third-order valence-electron chi connectivity index (χ3n) is 3.40. The average molecular weight is 239 g/mol. The van der Waals surface area contributed by atoms with Crippen molar-refractivity contribution in [1.82, 2.24) is 5.32 Å². The number of nitrogens with one attached hydrogen (secondary N) is 1. The standard InChI is InChI=1S/C15H29NO/c1-6-17-15(4,5)11-16-10-14-8-12(2)7-13(3)9-14/h7,12,14,16H,6,8-11H2,1-5H3. The predicted octanol–water partition coefficient (Wildman–Crippen LogP) is 3.38. The Bertz CT molecular complexity index is 258. The SMILES string of the molecule is CCOC(C)(C)CNCC1CC(C)=CC(C)C1. The first-order valence-electron chi connectivity index (χ1n) is 6.95. The molecule has 0 amide bonds. The third-order valence-corrected chi connectivity index (χ3v) is 3.40. The Balaban J connectivity index is 2.25. The van der Waals surface area contributed by atoms with Crippen molar-refractivity contribution in [2.24, 2.45) is 11.8 Å². The summed E-state index contributed by atoms with van der Waals surface area (Å²) < 4.78 is 5.69. The summed E-state index contributed by atoms with van der Waals surface area (Å²) in [6.45, 7) is 13.8. The molecule has 0 saturated heterocycles. The third kappa shape index (κ3) is 5.69. The highest BCUT2D eigenvalue weighted by atomic mass is 16.5. The molecular weight excluding hydrogens is 210 g/mol. The van der Waals surface area contributed by atoms with Gasteiger partial charge in [-0.15, -0.1) is 0 Å². The molecule has 0 fully saturated rings. The molecule has 0 spiro atoms. The fraction of sp³-hybridized carbons (Fsp3) is 0.867. The van der Waals surface area contributed by atoms with E-state index in [4.69, 9.17) is 4.74 Å². The molecule has 0 saturated carbocycles. The molecule has 1 rings (SSSR count). The number of rotatable bonds is 6. The molecule has 0 aliphatic heterocycles. The summed E-state index contributed by atoms with van der Waals surface area (Å²) in [4.78, 5) is 0. The molecule has 1 N–H and O–H groups in total. The van der Waals surface area contributed by atoms with Gasteiger partial charge < -0.3 is 10.1 Å². The van der Waals surface area contributed by atoms with Gasteiger partial charge in [0.25, 0.3) is 0 Å². The normalized spacial score (nSPS) is 25.8. The molecule has 0 bridgehead atoms. The Hall–Kier alpha value is -0.340. The van der Waals surface area contributed by atoms with Gasteiger partial charge in [0.1, 0.15) is 0 Å². The van der Waals surface area contributed by atoms with Crippen LogP contribution in [-0.4, -0.2) is 25.3 Å². The average Bonchev–Trinajstić information content (AvgIpc) is 2.15. The molecule has 100 valence electrons. The quantitative estimate of drug-likeness (QED) is 0.717. The second-order valence-electron chi connectivity index (χ2n) is 6.12. The van der Waals surface area contributed by atoms with E-state index in [0.717, 1.165) is 31.5 Å². The topological polar surface area (TPSA) is 21.3 Å². The maximum absolute atomic E-state index is 5.69. The minimum atomic E-state index is -0.0417. The second kappa shape index (κ2) is 6.55. The van der Waals surface area contributed by atoms with Crippen molar-refractivity contribution in [1.29, 1.82) is 0 Å². The summed E-state index contributed by atoms with van der Waals surface area (Å²) in [6, 6.07) is 0. The van der Waals surface area contributed by atoms with E-state index in [-0.39, 0.29) is 5.60 Å². The van der Waals surface area contributed by atoms with Gasteiger partial charge in [-0.05, 0) is 58.9 Å². The molecule has 2 heteroatoms. The first kappa shape index (κ1) is 14.7. The lowest BCUT2D eigenvalue weighted by Crippen LogP contribution is -2.40.